The molecule has 4 heteroatoms. The third-order valence-electron chi connectivity index (χ3n) is 2.63. The zero-order chi connectivity index (χ0) is 12.1. The Kier molecular flexibility index (Phi) is 4.52. The van der Waals surface area contributed by atoms with Crippen LogP contribution < -0.4 is 0 Å². The number of nitrogens with zero attached hydrogens (tertiary/aromatic N) is 2. The molecule has 90 valence electrons. The molecule has 0 aromatic carbocycles. The van der Waals surface area contributed by atoms with E-state index in [1.165, 1.54) is 0 Å². The summed E-state index contributed by atoms with van der Waals surface area (Å²) in [6.45, 7) is 6.11. The first-order valence-corrected chi connectivity index (χ1v) is 5.81. The van der Waals surface area contributed by atoms with E-state index in [1.807, 2.05) is 23.9 Å². The van der Waals surface area contributed by atoms with Gasteiger partial charge in [-0.05, 0) is 26.3 Å². The van der Waals surface area contributed by atoms with Gasteiger partial charge in [-0.1, -0.05) is 13.3 Å². The molecular weight excluding hydrogens is 204 g/mol. The topological polar surface area (TPSA) is 55.1 Å². The lowest BCUT2D eigenvalue weighted by Crippen LogP contribution is -2.16. The summed E-state index contributed by atoms with van der Waals surface area (Å²) in [6.07, 6.45) is 4.04. The Morgan fingerprint density at radius 2 is 2.25 bits per heavy atom. The highest BCUT2D eigenvalue weighted by Gasteiger charge is 2.18. The number of hydrogen-bond acceptors (Lipinski definition) is 2. The fraction of sp³-hybridized carbons (Fsp3) is 0.667. The molecule has 1 aromatic heterocycles. The Balaban J connectivity index is 2.66. The minimum atomic E-state index is -0.721. The molecule has 16 heavy (non-hydrogen) atoms. The molecule has 1 heterocycles. The number of carboxylic acids is 1. The summed E-state index contributed by atoms with van der Waals surface area (Å²) in [5, 5.41) is 13.4. The molecule has 0 bridgehead atoms. The molecule has 0 aliphatic heterocycles. The lowest BCUT2D eigenvalue weighted by molar-refractivity contribution is -0.142. The van der Waals surface area contributed by atoms with Crippen molar-refractivity contribution >= 4 is 5.97 Å². The summed E-state index contributed by atoms with van der Waals surface area (Å²) >= 11 is 0. The smallest absolute Gasteiger partial charge is 0.306 e. The minimum absolute atomic E-state index is 0.305. The van der Waals surface area contributed by atoms with Gasteiger partial charge in [-0.3, -0.25) is 9.48 Å². The maximum atomic E-state index is 11.0. The molecule has 0 aliphatic rings. The van der Waals surface area contributed by atoms with Gasteiger partial charge in [-0.2, -0.15) is 5.10 Å². The van der Waals surface area contributed by atoms with E-state index in [9.17, 15) is 4.79 Å². The maximum Gasteiger partial charge on any atom is 0.306 e. The molecule has 0 fully saturated rings. The summed E-state index contributed by atoms with van der Waals surface area (Å²) in [5.41, 5.74) is 0.870. The largest absolute Gasteiger partial charge is 0.481 e. The molecule has 0 radical (unpaired) electrons. The van der Waals surface area contributed by atoms with Crippen LogP contribution in [0.3, 0.4) is 0 Å². The monoisotopic (exact) mass is 224 g/mol. The Morgan fingerprint density at radius 1 is 1.56 bits per heavy atom. The molecule has 1 unspecified atom stereocenters. The molecule has 0 aliphatic carbocycles. The number of carboxylic acid groups (broad SMARTS) is 1. The van der Waals surface area contributed by atoms with Crippen LogP contribution in [0.15, 0.2) is 12.3 Å². The third kappa shape index (κ3) is 3.36. The van der Waals surface area contributed by atoms with Gasteiger partial charge in [0.05, 0.1) is 11.6 Å². The van der Waals surface area contributed by atoms with Crippen LogP contribution in [0.25, 0.3) is 0 Å². The summed E-state index contributed by atoms with van der Waals surface area (Å²) in [7, 11) is 0. The number of hydrogen-bond donors (Lipinski definition) is 1. The molecule has 1 atom stereocenters. The Bertz CT molecular complexity index is 345. The fourth-order valence-electron chi connectivity index (χ4n) is 1.69. The van der Waals surface area contributed by atoms with Crippen LogP contribution in [0.4, 0.5) is 0 Å². The maximum absolute atomic E-state index is 11.0. The van der Waals surface area contributed by atoms with Crippen molar-refractivity contribution < 1.29 is 9.90 Å². The summed E-state index contributed by atoms with van der Waals surface area (Å²) in [5.74, 6) is -1.03. The van der Waals surface area contributed by atoms with Crippen molar-refractivity contribution in [3.63, 3.8) is 0 Å². The zero-order valence-electron chi connectivity index (χ0n) is 10.2. The molecule has 0 spiro atoms. The Labute approximate surface area is 96.3 Å². The van der Waals surface area contributed by atoms with Crippen LogP contribution in [0, 0.1) is 5.92 Å². The van der Waals surface area contributed by atoms with Crippen molar-refractivity contribution in [1.29, 1.82) is 0 Å². The first kappa shape index (κ1) is 12.7. The number of aliphatic carboxylic acids is 1. The Morgan fingerprint density at radius 3 is 2.69 bits per heavy atom. The number of rotatable bonds is 6. The van der Waals surface area contributed by atoms with Gasteiger partial charge in [-0.15, -0.1) is 0 Å². The average Bonchev–Trinajstić information content (AvgIpc) is 2.65. The second kappa shape index (κ2) is 5.68. The van der Waals surface area contributed by atoms with Crippen molar-refractivity contribution in [3.05, 3.63) is 18.0 Å². The molecule has 4 nitrogen and oxygen atoms in total. The van der Waals surface area contributed by atoms with Crippen LogP contribution >= 0.6 is 0 Å². The minimum Gasteiger partial charge on any atom is -0.481 e. The van der Waals surface area contributed by atoms with Gasteiger partial charge in [0.25, 0.3) is 0 Å². The van der Waals surface area contributed by atoms with E-state index in [-0.39, 0.29) is 5.92 Å². The number of carbonyl (C=O) groups is 1. The molecule has 1 rings (SSSR count). The van der Waals surface area contributed by atoms with Crippen molar-refractivity contribution in [1.82, 2.24) is 9.78 Å². The molecule has 1 N–H and O–H groups in total. The summed E-state index contributed by atoms with van der Waals surface area (Å²) in [4.78, 5) is 11.0. The SMILES string of the molecule is CCCC(Cc1ccn(C(C)C)n1)C(=O)O. The van der Waals surface area contributed by atoms with E-state index in [2.05, 4.69) is 18.9 Å². The first-order valence-electron chi connectivity index (χ1n) is 5.81. The van der Waals surface area contributed by atoms with Gasteiger partial charge in [0.2, 0.25) is 0 Å². The van der Waals surface area contributed by atoms with E-state index in [4.69, 9.17) is 5.11 Å². The quantitative estimate of drug-likeness (QED) is 0.807. The van der Waals surface area contributed by atoms with Gasteiger partial charge in [-0.25, -0.2) is 0 Å². The van der Waals surface area contributed by atoms with Crippen LogP contribution in [0.1, 0.15) is 45.3 Å². The second-order valence-corrected chi connectivity index (χ2v) is 4.41. The van der Waals surface area contributed by atoms with Gasteiger partial charge >= 0.3 is 5.97 Å². The number of aromatic nitrogens is 2. The van der Waals surface area contributed by atoms with E-state index in [0.717, 1.165) is 12.1 Å². The van der Waals surface area contributed by atoms with Crippen molar-refractivity contribution in [2.45, 2.75) is 46.1 Å². The fourth-order valence-corrected chi connectivity index (χ4v) is 1.69. The standard InChI is InChI=1S/C12H20N2O2/c1-4-5-10(12(15)16)8-11-6-7-14(13-11)9(2)3/h6-7,9-10H,4-5,8H2,1-3H3,(H,15,16). The normalized spacial score (nSPS) is 13.0. The molecule has 1 aromatic rings. The summed E-state index contributed by atoms with van der Waals surface area (Å²) < 4.78 is 1.86. The van der Waals surface area contributed by atoms with E-state index >= 15 is 0 Å². The van der Waals surface area contributed by atoms with Gasteiger partial charge in [0, 0.05) is 18.7 Å². The van der Waals surface area contributed by atoms with Crippen LogP contribution in [0.5, 0.6) is 0 Å². The first-order chi connectivity index (χ1) is 7.54. The van der Waals surface area contributed by atoms with E-state index in [0.29, 0.717) is 18.9 Å². The third-order valence-corrected chi connectivity index (χ3v) is 2.63. The van der Waals surface area contributed by atoms with Gasteiger partial charge in [0.15, 0.2) is 0 Å². The molecular formula is C12H20N2O2. The average molecular weight is 224 g/mol. The van der Waals surface area contributed by atoms with Crippen molar-refractivity contribution in [3.8, 4) is 0 Å². The zero-order valence-corrected chi connectivity index (χ0v) is 10.2. The van der Waals surface area contributed by atoms with Crippen LogP contribution in [-0.2, 0) is 11.2 Å². The van der Waals surface area contributed by atoms with E-state index < -0.39 is 5.97 Å². The lowest BCUT2D eigenvalue weighted by atomic mass is 9.98. The van der Waals surface area contributed by atoms with E-state index in [1.54, 1.807) is 0 Å². The molecule has 0 saturated carbocycles. The van der Waals surface area contributed by atoms with Crippen LogP contribution in [0.2, 0.25) is 0 Å². The predicted molar refractivity (Wildman–Crippen MR) is 62.3 cm³/mol. The van der Waals surface area contributed by atoms with Gasteiger partial charge < -0.3 is 5.11 Å². The van der Waals surface area contributed by atoms with Crippen LogP contribution in [-0.4, -0.2) is 20.9 Å². The molecule has 0 saturated heterocycles. The molecule has 0 amide bonds. The highest BCUT2D eigenvalue weighted by Crippen LogP contribution is 2.14. The Hall–Kier alpha value is -1.32. The predicted octanol–water partition coefficient (Wildman–Crippen LogP) is 2.51. The second-order valence-electron chi connectivity index (χ2n) is 4.41. The highest BCUT2D eigenvalue weighted by atomic mass is 16.4. The lowest BCUT2D eigenvalue weighted by Gasteiger charge is -2.09. The van der Waals surface area contributed by atoms with Gasteiger partial charge in [0.1, 0.15) is 0 Å². The summed E-state index contributed by atoms with van der Waals surface area (Å²) in [6, 6.07) is 2.23. The van der Waals surface area contributed by atoms with Crippen molar-refractivity contribution in [2.24, 2.45) is 5.92 Å². The van der Waals surface area contributed by atoms with Crippen molar-refractivity contribution in [2.75, 3.05) is 0 Å². The highest BCUT2D eigenvalue weighted by molar-refractivity contribution is 5.70.